The minimum atomic E-state index is -0.331. The van der Waals surface area contributed by atoms with Gasteiger partial charge in [-0.15, -0.1) is 0 Å². The van der Waals surface area contributed by atoms with Crippen molar-refractivity contribution in [3.05, 3.63) is 29.1 Å². The third kappa shape index (κ3) is 5.45. The fourth-order valence-electron chi connectivity index (χ4n) is 4.94. The van der Waals surface area contributed by atoms with E-state index in [0.717, 1.165) is 44.1 Å². The highest BCUT2D eigenvalue weighted by Gasteiger charge is 2.35. The molecule has 2 aliphatic rings. The Balaban J connectivity index is 1.86. The van der Waals surface area contributed by atoms with Crippen LogP contribution in [0.15, 0.2) is 12.1 Å². The van der Waals surface area contributed by atoms with E-state index in [4.69, 9.17) is 26.5 Å². The molecule has 0 spiro atoms. The highest BCUT2D eigenvalue weighted by Crippen LogP contribution is 2.37. The van der Waals surface area contributed by atoms with Crippen LogP contribution in [0.4, 0.5) is 0 Å². The highest BCUT2D eigenvalue weighted by atomic mass is 16.5. The summed E-state index contributed by atoms with van der Waals surface area (Å²) in [5.41, 5.74) is 6.79. The molecule has 1 heterocycles. The SMILES string of the molecule is [C-]#[N+][C@@H]1CCCN1C(=O)CN(Cc1c(OC)cc(OC)cc1OC)C1CCC(CN)CC1. The van der Waals surface area contributed by atoms with Gasteiger partial charge in [-0.3, -0.25) is 19.4 Å². The van der Waals surface area contributed by atoms with E-state index in [9.17, 15) is 4.79 Å². The van der Waals surface area contributed by atoms with Crippen molar-refractivity contribution in [1.29, 1.82) is 0 Å². The minimum Gasteiger partial charge on any atom is -0.496 e. The van der Waals surface area contributed by atoms with Crippen LogP contribution in [-0.4, -0.2) is 68.9 Å². The highest BCUT2D eigenvalue weighted by molar-refractivity contribution is 5.79. The Morgan fingerprint density at radius 1 is 1.12 bits per heavy atom. The number of benzene rings is 1. The number of likely N-dealkylation sites (tertiary alicyclic amines) is 1. The lowest BCUT2D eigenvalue weighted by molar-refractivity contribution is -0.133. The Bertz CT molecular complexity index is 792. The normalized spacial score (nSPS) is 23.1. The van der Waals surface area contributed by atoms with Gasteiger partial charge in [-0.05, 0) is 44.6 Å². The van der Waals surface area contributed by atoms with E-state index < -0.39 is 0 Å². The maximum atomic E-state index is 13.2. The van der Waals surface area contributed by atoms with Crippen molar-refractivity contribution in [2.45, 2.75) is 57.3 Å². The average molecular weight is 445 g/mol. The lowest BCUT2D eigenvalue weighted by Crippen LogP contribution is -2.46. The lowest BCUT2D eigenvalue weighted by atomic mass is 9.85. The second-order valence-corrected chi connectivity index (χ2v) is 8.66. The van der Waals surface area contributed by atoms with Gasteiger partial charge < -0.3 is 19.9 Å². The molecule has 8 heteroatoms. The molecule has 1 atom stereocenters. The Hall–Kier alpha value is -2.50. The maximum absolute atomic E-state index is 13.2. The van der Waals surface area contributed by atoms with E-state index in [2.05, 4.69) is 9.74 Å². The average Bonchev–Trinajstić information content (AvgIpc) is 3.32. The molecule has 2 fully saturated rings. The molecule has 8 nitrogen and oxygen atoms in total. The van der Waals surface area contributed by atoms with Crippen molar-refractivity contribution < 1.29 is 19.0 Å². The lowest BCUT2D eigenvalue weighted by Gasteiger charge is -2.37. The van der Waals surface area contributed by atoms with Gasteiger partial charge in [0.2, 0.25) is 5.91 Å². The quantitative estimate of drug-likeness (QED) is 0.590. The Kier molecular flexibility index (Phi) is 8.60. The number of ether oxygens (including phenoxy) is 3. The molecule has 32 heavy (non-hydrogen) atoms. The van der Waals surface area contributed by atoms with Gasteiger partial charge in [-0.2, -0.15) is 0 Å². The van der Waals surface area contributed by atoms with Gasteiger partial charge in [0.1, 0.15) is 17.2 Å². The Labute approximate surface area is 191 Å². The molecule has 1 saturated heterocycles. The largest absolute Gasteiger partial charge is 0.496 e. The molecule has 0 aromatic heterocycles. The predicted octanol–water partition coefficient (Wildman–Crippen LogP) is 2.90. The second-order valence-electron chi connectivity index (χ2n) is 8.66. The number of carbonyl (C=O) groups is 1. The smallest absolute Gasteiger partial charge is 0.300 e. The first-order valence-corrected chi connectivity index (χ1v) is 11.4. The van der Waals surface area contributed by atoms with E-state index in [-0.39, 0.29) is 24.7 Å². The van der Waals surface area contributed by atoms with Gasteiger partial charge in [0.25, 0.3) is 0 Å². The molecule has 0 bridgehead atoms. The molecule has 1 amide bonds. The number of rotatable bonds is 9. The van der Waals surface area contributed by atoms with Crippen LogP contribution in [0.25, 0.3) is 4.85 Å². The summed E-state index contributed by atoms with van der Waals surface area (Å²) < 4.78 is 16.7. The number of amides is 1. The van der Waals surface area contributed by atoms with Crippen molar-refractivity contribution in [1.82, 2.24) is 9.80 Å². The van der Waals surface area contributed by atoms with Gasteiger partial charge in [0, 0.05) is 37.7 Å². The zero-order valence-electron chi connectivity index (χ0n) is 19.5. The minimum absolute atomic E-state index is 0.0240. The predicted molar refractivity (Wildman–Crippen MR) is 123 cm³/mol. The number of nitrogens with zero attached hydrogens (tertiary/aromatic N) is 3. The van der Waals surface area contributed by atoms with E-state index in [1.165, 1.54) is 0 Å². The van der Waals surface area contributed by atoms with Crippen molar-refractivity contribution in [2.75, 3.05) is 41.0 Å². The number of hydrogen-bond donors (Lipinski definition) is 1. The van der Waals surface area contributed by atoms with Crippen LogP contribution in [0.2, 0.25) is 0 Å². The molecular weight excluding hydrogens is 408 g/mol. The summed E-state index contributed by atoms with van der Waals surface area (Å²) in [6, 6.07) is 3.96. The van der Waals surface area contributed by atoms with Gasteiger partial charge in [0.05, 0.1) is 33.4 Å². The Morgan fingerprint density at radius 2 is 1.78 bits per heavy atom. The summed E-state index contributed by atoms with van der Waals surface area (Å²) in [7, 11) is 4.87. The standard InChI is InChI=1S/C24H36N4O4/c1-26-23-6-5-11-28(23)24(29)16-27(18-9-7-17(14-25)8-10-18)15-20-21(31-3)12-19(30-2)13-22(20)32-4/h12-13,17-18,23H,5-11,14-16,25H2,2-4H3/t17?,18?,23-/m0/s1. The fourth-order valence-corrected chi connectivity index (χ4v) is 4.94. The van der Waals surface area contributed by atoms with Crippen LogP contribution in [-0.2, 0) is 11.3 Å². The maximum Gasteiger partial charge on any atom is 0.300 e. The van der Waals surface area contributed by atoms with Crippen LogP contribution in [0.3, 0.4) is 0 Å². The summed E-state index contributed by atoms with van der Waals surface area (Å²) in [6.45, 7) is 9.61. The van der Waals surface area contributed by atoms with Gasteiger partial charge in [-0.25, -0.2) is 6.57 Å². The van der Waals surface area contributed by atoms with Gasteiger partial charge in [-0.1, -0.05) is 0 Å². The summed E-state index contributed by atoms with van der Waals surface area (Å²) in [6.07, 6.45) is 5.46. The van der Waals surface area contributed by atoms with Crippen LogP contribution in [0.5, 0.6) is 17.2 Å². The van der Waals surface area contributed by atoms with Crippen LogP contribution >= 0.6 is 0 Å². The first-order chi connectivity index (χ1) is 15.5. The van der Waals surface area contributed by atoms with Gasteiger partial charge in [0.15, 0.2) is 0 Å². The van der Waals surface area contributed by atoms with Crippen molar-refractivity contribution >= 4 is 5.91 Å². The van der Waals surface area contributed by atoms with E-state index in [1.807, 2.05) is 12.1 Å². The summed E-state index contributed by atoms with van der Waals surface area (Å²) in [5, 5.41) is 0. The van der Waals surface area contributed by atoms with Crippen molar-refractivity contribution in [2.24, 2.45) is 11.7 Å². The first kappa shape index (κ1) is 24.1. The molecule has 1 aromatic carbocycles. The molecule has 176 valence electrons. The zero-order valence-corrected chi connectivity index (χ0v) is 19.5. The fraction of sp³-hybridized carbons (Fsp3) is 0.667. The van der Waals surface area contributed by atoms with Crippen LogP contribution in [0.1, 0.15) is 44.1 Å². The van der Waals surface area contributed by atoms with E-state index >= 15 is 0 Å². The summed E-state index contributed by atoms with van der Waals surface area (Å²) >= 11 is 0. The second kappa shape index (κ2) is 11.4. The number of nitrogens with two attached hydrogens (primary N) is 1. The number of carbonyl (C=O) groups excluding carboxylic acids is 1. The molecule has 1 aromatic rings. The van der Waals surface area contributed by atoms with Crippen molar-refractivity contribution in [3.8, 4) is 17.2 Å². The topological polar surface area (TPSA) is 81.6 Å². The molecule has 3 rings (SSSR count). The third-order valence-electron chi connectivity index (χ3n) is 6.87. The molecule has 1 aliphatic carbocycles. The molecule has 0 radical (unpaired) electrons. The molecule has 2 N–H and O–H groups in total. The molecule has 0 unspecified atom stereocenters. The van der Waals surface area contributed by atoms with E-state index in [0.29, 0.717) is 42.8 Å². The molecular formula is C24H36N4O4. The zero-order chi connectivity index (χ0) is 23.1. The number of methoxy groups -OCH3 is 3. The first-order valence-electron chi connectivity index (χ1n) is 11.4. The summed E-state index contributed by atoms with van der Waals surface area (Å²) in [5.74, 6) is 2.59. The summed E-state index contributed by atoms with van der Waals surface area (Å²) in [4.78, 5) is 20.9. The number of hydrogen-bond acceptors (Lipinski definition) is 6. The van der Waals surface area contributed by atoms with Crippen LogP contribution < -0.4 is 19.9 Å². The van der Waals surface area contributed by atoms with Crippen LogP contribution in [0, 0.1) is 12.5 Å². The molecule has 1 aliphatic heterocycles. The Morgan fingerprint density at radius 3 is 2.31 bits per heavy atom. The van der Waals surface area contributed by atoms with Gasteiger partial charge >= 0.3 is 6.17 Å². The third-order valence-corrected chi connectivity index (χ3v) is 6.87. The molecule has 1 saturated carbocycles. The monoisotopic (exact) mass is 444 g/mol. The van der Waals surface area contributed by atoms with E-state index in [1.54, 1.807) is 26.2 Å². The van der Waals surface area contributed by atoms with Crippen molar-refractivity contribution in [3.63, 3.8) is 0 Å².